The lowest BCUT2D eigenvalue weighted by molar-refractivity contribution is -0.161. The molecule has 0 fully saturated rings. The molecule has 290 valence electrons. The Morgan fingerprint density at radius 1 is 0.520 bits per heavy atom. The summed E-state index contributed by atoms with van der Waals surface area (Å²) in [5.74, 6) is -0.920. The summed E-state index contributed by atoms with van der Waals surface area (Å²) < 4.78 is 26.3. The highest BCUT2D eigenvalue weighted by molar-refractivity contribution is 7.46. The van der Waals surface area contributed by atoms with Gasteiger partial charge in [-0.05, 0) is 57.8 Å². The molecule has 0 bridgehead atoms. The predicted octanol–water partition coefficient (Wildman–Crippen LogP) is 12.0. The van der Waals surface area contributed by atoms with Crippen LogP contribution in [0, 0.1) is 0 Å². The zero-order chi connectivity index (χ0) is 36.8. The van der Waals surface area contributed by atoms with E-state index >= 15 is 0 Å². The van der Waals surface area contributed by atoms with Crippen LogP contribution in [-0.2, 0) is 28.2 Å². The van der Waals surface area contributed by atoms with Gasteiger partial charge in [-0.3, -0.25) is 14.1 Å². The van der Waals surface area contributed by atoms with Crippen molar-refractivity contribution in [1.29, 1.82) is 0 Å². The smallest absolute Gasteiger partial charge is 0.462 e. The van der Waals surface area contributed by atoms with Crippen LogP contribution in [-0.4, -0.2) is 41.0 Å². The Morgan fingerprint density at radius 2 is 0.900 bits per heavy atom. The van der Waals surface area contributed by atoms with Gasteiger partial charge in [0.05, 0.1) is 6.61 Å². The molecular formula is C41H73O8P. The van der Waals surface area contributed by atoms with Gasteiger partial charge in [0, 0.05) is 12.8 Å². The summed E-state index contributed by atoms with van der Waals surface area (Å²) in [5, 5.41) is 0. The van der Waals surface area contributed by atoms with Crippen LogP contribution in [0.25, 0.3) is 0 Å². The van der Waals surface area contributed by atoms with E-state index in [9.17, 15) is 14.2 Å². The molecule has 0 saturated heterocycles. The SMILES string of the molecule is CCCCC/C=C\C/C=C\C/C=C\C/C=C\CCCCCC(=O)O[C@H](COC(=O)CCCCCCCCCCCCCCC)COP(=O)(O)O. The van der Waals surface area contributed by atoms with Gasteiger partial charge in [-0.2, -0.15) is 0 Å². The van der Waals surface area contributed by atoms with Crippen LogP contribution in [0.15, 0.2) is 48.6 Å². The van der Waals surface area contributed by atoms with Crippen molar-refractivity contribution in [2.24, 2.45) is 0 Å². The van der Waals surface area contributed by atoms with E-state index in [1.165, 1.54) is 89.9 Å². The maximum absolute atomic E-state index is 12.4. The van der Waals surface area contributed by atoms with Crippen molar-refractivity contribution in [3.63, 3.8) is 0 Å². The number of phosphoric ester groups is 1. The number of unbranched alkanes of at least 4 members (excludes halogenated alkanes) is 18. The van der Waals surface area contributed by atoms with Gasteiger partial charge < -0.3 is 19.3 Å². The van der Waals surface area contributed by atoms with Crippen LogP contribution >= 0.6 is 7.82 Å². The number of hydrogen-bond acceptors (Lipinski definition) is 6. The first kappa shape index (κ1) is 48.0. The molecule has 0 aromatic heterocycles. The lowest BCUT2D eigenvalue weighted by atomic mass is 10.0. The van der Waals surface area contributed by atoms with Gasteiger partial charge >= 0.3 is 19.8 Å². The number of ether oxygens (including phenoxy) is 2. The van der Waals surface area contributed by atoms with E-state index in [4.69, 9.17) is 19.3 Å². The Hall–Kier alpha value is -1.99. The fraction of sp³-hybridized carbons (Fsp3) is 0.756. The van der Waals surface area contributed by atoms with E-state index in [-0.39, 0.29) is 19.4 Å². The molecule has 50 heavy (non-hydrogen) atoms. The van der Waals surface area contributed by atoms with E-state index < -0.39 is 32.5 Å². The van der Waals surface area contributed by atoms with Gasteiger partial charge in [-0.15, -0.1) is 0 Å². The molecule has 0 aliphatic rings. The Kier molecular flexibility index (Phi) is 35.3. The lowest BCUT2D eigenvalue weighted by Crippen LogP contribution is -2.29. The lowest BCUT2D eigenvalue weighted by Gasteiger charge is -2.18. The average molecular weight is 725 g/mol. The predicted molar refractivity (Wildman–Crippen MR) is 207 cm³/mol. The van der Waals surface area contributed by atoms with Crippen LogP contribution in [0.2, 0.25) is 0 Å². The van der Waals surface area contributed by atoms with Crippen LogP contribution < -0.4 is 0 Å². The number of rotatable bonds is 36. The minimum absolute atomic E-state index is 0.175. The van der Waals surface area contributed by atoms with Crippen LogP contribution in [0.4, 0.5) is 0 Å². The molecular weight excluding hydrogens is 651 g/mol. The number of allylic oxidation sites excluding steroid dienone is 8. The molecule has 0 amide bonds. The molecule has 0 aromatic rings. The summed E-state index contributed by atoms with van der Waals surface area (Å²) in [4.78, 5) is 42.7. The van der Waals surface area contributed by atoms with E-state index in [1.54, 1.807) is 0 Å². The Morgan fingerprint density at radius 3 is 1.38 bits per heavy atom. The molecule has 8 nitrogen and oxygen atoms in total. The Labute approximate surface area is 305 Å². The molecule has 0 rings (SSSR count). The molecule has 0 spiro atoms. The second-order valence-corrected chi connectivity index (χ2v) is 14.5. The van der Waals surface area contributed by atoms with Gasteiger partial charge in [0.15, 0.2) is 6.10 Å². The molecule has 0 aromatic carbocycles. The second-order valence-electron chi connectivity index (χ2n) is 13.3. The number of esters is 2. The highest BCUT2D eigenvalue weighted by Gasteiger charge is 2.22. The third-order valence-corrected chi connectivity index (χ3v) is 8.84. The molecule has 0 radical (unpaired) electrons. The zero-order valence-electron chi connectivity index (χ0n) is 31.8. The average Bonchev–Trinajstić information content (AvgIpc) is 3.08. The third-order valence-electron chi connectivity index (χ3n) is 8.35. The van der Waals surface area contributed by atoms with Gasteiger partial charge in [0.25, 0.3) is 0 Å². The van der Waals surface area contributed by atoms with E-state index in [1.807, 2.05) is 0 Å². The van der Waals surface area contributed by atoms with Crippen molar-refractivity contribution in [3.8, 4) is 0 Å². The summed E-state index contributed by atoms with van der Waals surface area (Å²) in [6.07, 6.45) is 44.0. The number of carbonyl (C=O) groups is 2. The van der Waals surface area contributed by atoms with Crippen molar-refractivity contribution in [1.82, 2.24) is 0 Å². The van der Waals surface area contributed by atoms with Crippen LogP contribution in [0.3, 0.4) is 0 Å². The highest BCUT2D eigenvalue weighted by atomic mass is 31.2. The second kappa shape index (κ2) is 36.8. The molecule has 0 heterocycles. The molecule has 0 unspecified atom stereocenters. The van der Waals surface area contributed by atoms with E-state index in [0.29, 0.717) is 6.42 Å². The molecule has 2 N–H and O–H groups in total. The maximum atomic E-state index is 12.4. The van der Waals surface area contributed by atoms with E-state index in [2.05, 4.69) is 67.0 Å². The van der Waals surface area contributed by atoms with Crippen molar-refractivity contribution >= 4 is 19.8 Å². The monoisotopic (exact) mass is 725 g/mol. The minimum atomic E-state index is -4.76. The molecule has 9 heteroatoms. The number of phosphoric acid groups is 1. The topological polar surface area (TPSA) is 119 Å². The largest absolute Gasteiger partial charge is 0.469 e. The van der Waals surface area contributed by atoms with Crippen molar-refractivity contribution < 1.29 is 37.9 Å². The summed E-state index contributed by atoms with van der Waals surface area (Å²) >= 11 is 0. The number of carbonyl (C=O) groups excluding carboxylic acids is 2. The zero-order valence-corrected chi connectivity index (χ0v) is 32.7. The standard InChI is InChI=1S/C41H73O8P/c1-3-5-7-9-11-13-15-17-18-19-20-21-22-24-26-28-30-32-34-36-41(43)49-39(38-48-50(44,45)46)37-47-40(42)35-33-31-29-27-25-23-16-14-12-10-8-6-4-2/h11,13,17-18,20-21,24,26,39H,3-10,12,14-16,19,22-23,25,27-38H2,1-2H3,(H2,44,45,46)/b13-11-,18-17-,21-20-,26-24-/t39-/m1/s1. The minimum Gasteiger partial charge on any atom is -0.462 e. The van der Waals surface area contributed by atoms with Crippen molar-refractivity contribution in [3.05, 3.63) is 48.6 Å². The van der Waals surface area contributed by atoms with Crippen molar-refractivity contribution in [2.45, 2.75) is 187 Å². The molecule has 0 aliphatic heterocycles. The summed E-state index contributed by atoms with van der Waals surface area (Å²) in [7, 11) is -4.76. The summed E-state index contributed by atoms with van der Waals surface area (Å²) in [6.45, 7) is 3.62. The molecule has 0 aliphatic carbocycles. The Bertz CT molecular complexity index is 952. The van der Waals surface area contributed by atoms with Crippen LogP contribution in [0.5, 0.6) is 0 Å². The van der Waals surface area contributed by atoms with Gasteiger partial charge in [0.2, 0.25) is 0 Å². The normalized spacial score (nSPS) is 13.0. The highest BCUT2D eigenvalue weighted by Crippen LogP contribution is 2.36. The van der Waals surface area contributed by atoms with Gasteiger partial charge in [-0.1, -0.05) is 159 Å². The first-order valence-electron chi connectivity index (χ1n) is 19.9. The summed E-state index contributed by atoms with van der Waals surface area (Å²) in [5.41, 5.74) is 0. The number of hydrogen-bond donors (Lipinski definition) is 2. The first-order chi connectivity index (χ1) is 24.3. The van der Waals surface area contributed by atoms with Crippen LogP contribution in [0.1, 0.15) is 181 Å². The first-order valence-corrected chi connectivity index (χ1v) is 21.5. The molecule has 1 atom stereocenters. The summed E-state index contributed by atoms with van der Waals surface area (Å²) in [6, 6.07) is 0. The maximum Gasteiger partial charge on any atom is 0.469 e. The fourth-order valence-electron chi connectivity index (χ4n) is 5.36. The third kappa shape index (κ3) is 38.8. The van der Waals surface area contributed by atoms with E-state index in [0.717, 1.165) is 57.8 Å². The quantitative estimate of drug-likeness (QED) is 0.0284. The van der Waals surface area contributed by atoms with Gasteiger partial charge in [0.1, 0.15) is 6.61 Å². The Balaban J connectivity index is 4.02. The van der Waals surface area contributed by atoms with Crippen molar-refractivity contribution in [2.75, 3.05) is 13.2 Å². The molecule has 0 saturated carbocycles. The van der Waals surface area contributed by atoms with Gasteiger partial charge in [-0.25, -0.2) is 4.57 Å². The fourth-order valence-corrected chi connectivity index (χ4v) is 5.72.